The first-order chi connectivity index (χ1) is 7.85. The molecule has 0 aliphatic carbocycles. The zero-order valence-corrected chi connectivity index (χ0v) is 12.0. The van der Waals surface area contributed by atoms with Crippen LogP contribution in [0.3, 0.4) is 0 Å². The van der Waals surface area contributed by atoms with Gasteiger partial charge in [-0.05, 0) is 18.6 Å². The van der Waals surface area contributed by atoms with Crippen molar-refractivity contribution >= 4 is 11.8 Å². The van der Waals surface area contributed by atoms with Crippen LogP contribution >= 0.6 is 11.8 Å². The summed E-state index contributed by atoms with van der Waals surface area (Å²) in [5, 5.41) is 0. The van der Waals surface area contributed by atoms with Crippen LogP contribution in [0.2, 0.25) is 0 Å². The summed E-state index contributed by atoms with van der Waals surface area (Å²) in [6.07, 6.45) is 10.7. The Kier molecular flexibility index (Phi) is 13.6. The van der Waals surface area contributed by atoms with E-state index in [-0.39, 0.29) is 0 Å². The van der Waals surface area contributed by atoms with Crippen LogP contribution in [0.1, 0.15) is 65.2 Å². The van der Waals surface area contributed by atoms with Crippen LogP contribution in [0.4, 0.5) is 0 Å². The highest BCUT2D eigenvalue weighted by atomic mass is 32.2. The Bertz CT molecular complexity index is 131. The predicted molar refractivity (Wildman–Crippen MR) is 76.7 cm³/mol. The van der Waals surface area contributed by atoms with Gasteiger partial charge in [0.05, 0.1) is 0 Å². The molecular formula is C13H30N2S. The molecule has 16 heavy (non-hydrogen) atoms. The van der Waals surface area contributed by atoms with Crippen LogP contribution < -0.4 is 11.3 Å². The number of unbranched alkanes of at least 4 members (excludes halogenated alkanes) is 5. The molecule has 0 saturated heterocycles. The number of hydrogen-bond acceptors (Lipinski definition) is 3. The molecule has 0 saturated carbocycles. The Morgan fingerprint density at radius 3 is 2.31 bits per heavy atom. The van der Waals surface area contributed by atoms with Crippen molar-refractivity contribution in [3.05, 3.63) is 0 Å². The number of hydrazine groups is 1. The van der Waals surface area contributed by atoms with Gasteiger partial charge in [0.1, 0.15) is 0 Å². The Morgan fingerprint density at radius 1 is 1.00 bits per heavy atom. The van der Waals surface area contributed by atoms with E-state index in [9.17, 15) is 0 Å². The second-order valence-corrected chi connectivity index (χ2v) is 5.64. The molecule has 0 spiro atoms. The first-order valence-corrected chi connectivity index (χ1v) is 8.04. The van der Waals surface area contributed by atoms with Gasteiger partial charge in [-0.2, -0.15) is 11.8 Å². The average Bonchev–Trinajstić information content (AvgIpc) is 2.31. The van der Waals surface area contributed by atoms with Crippen molar-refractivity contribution in [1.29, 1.82) is 0 Å². The van der Waals surface area contributed by atoms with E-state index < -0.39 is 0 Å². The second kappa shape index (κ2) is 13.3. The molecule has 0 radical (unpaired) electrons. The van der Waals surface area contributed by atoms with Gasteiger partial charge in [0.15, 0.2) is 0 Å². The third-order valence-electron chi connectivity index (χ3n) is 2.81. The van der Waals surface area contributed by atoms with E-state index in [2.05, 4.69) is 19.3 Å². The topological polar surface area (TPSA) is 38.0 Å². The molecule has 3 heteroatoms. The molecule has 0 aromatic heterocycles. The van der Waals surface area contributed by atoms with Gasteiger partial charge < -0.3 is 0 Å². The molecule has 1 atom stereocenters. The van der Waals surface area contributed by atoms with Crippen LogP contribution in [0.25, 0.3) is 0 Å². The van der Waals surface area contributed by atoms with E-state index in [0.717, 1.165) is 0 Å². The molecule has 0 bridgehead atoms. The number of thioether (sulfide) groups is 1. The maximum absolute atomic E-state index is 5.55. The van der Waals surface area contributed by atoms with Crippen molar-refractivity contribution in [3.8, 4) is 0 Å². The lowest BCUT2D eigenvalue weighted by atomic mass is 10.1. The summed E-state index contributed by atoms with van der Waals surface area (Å²) in [6.45, 7) is 4.49. The largest absolute Gasteiger partial charge is 0.271 e. The maximum atomic E-state index is 5.55. The van der Waals surface area contributed by atoms with Crippen molar-refractivity contribution in [1.82, 2.24) is 5.43 Å². The zero-order valence-electron chi connectivity index (χ0n) is 11.1. The molecule has 0 aromatic rings. The summed E-state index contributed by atoms with van der Waals surface area (Å²) in [5.74, 6) is 7.98. The molecule has 0 aromatic carbocycles. The SMILES string of the molecule is CCCCCCCCC(CSCCC)NN. The van der Waals surface area contributed by atoms with Crippen LogP contribution in [0.15, 0.2) is 0 Å². The van der Waals surface area contributed by atoms with E-state index in [4.69, 9.17) is 5.84 Å². The first-order valence-electron chi connectivity index (χ1n) is 6.89. The van der Waals surface area contributed by atoms with Crippen molar-refractivity contribution < 1.29 is 0 Å². The molecule has 0 rings (SSSR count). The normalized spacial score (nSPS) is 12.9. The number of hydrogen-bond donors (Lipinski definition) is 2. The lowest BCUT2D eigenvalue weighted by Crippen LogP contribution is -2.37. The van der Waals surface area contributed by atoms with Crippen LogP contribution in [-0.4, -0.2) is 17.5 Å². The van der Waals surface area contributed by atoms with Crippen molar-refractivity contribution in [2.45, 2.75) is 71.3 Å². The zero-order chi connectivity index (χ0) is 12.1. The molecule has 0 aliphatic rings. The Labute approximate surface area is 106 Å². The summed E-state index contributed by atoms with van der Waals surface area (Å²) in [4.78, 5) is 0. The minimum absolute atomic E-state index is 0.516. The third kappa shape index (κ3) is 10.8. The fraction of sp³-hybridized carbons (Fsp3) is 1.00. The minimum atomic E-state index is 0.516. The lowest BCUT2D eigenvalue weighted by Gasteiger charge is -2.14. The lowest BCUT2D eigenvalue weighted by molar-refractivity contribution is 0.494. The maximum Gasteiger partial charge on any atom is 0.0301 e. The Hall–Kier alpha value is 0.270. The van der Waals surface area contributed by atoms with Crippen LogP contribution in [0.5, 0.6) is 0 Å². The van der Waals surface area contributed by atoms with Gasteiger partial charge in [0, 0.05) is 11.8 Å². The fourth-order valence-corrected chi connectivity index (χ4v) is 2.76. The second-order valence-electron chi connectivity index (χ2n) is 4.49. The van der Waals surface area contributed by atoms with Crippen molar-refractivity contribution in [3.63, 3.8) is 0 Å². The fourth-order valence-electron chi connectivity index (χ4n) is 1.76. The highest BCUT2D eigenvalue weighted by Crippen LogP contribution is 2.12. The van der Waals surface area contributed by atoms with Crippen LogP contribution in [-0.2, 0) is 0 Å². The van der Waals surface area contributed by atoms with Gasteiger partial charge in [0.25, 0.3) is 0 Å². The molecule has 98 valence electrons. The highest BCUT2D eigenvalue weighted by Gasteiger charge is 2.05. The Morgan fingerprint density at radius 2 is 1.69 bits per heavy atom. The highest BCUT2D eigenvalue weighted by molar-refractivity contribution is 7.99. The van der Waals surface area contributed by atoms with Crippen LogP contribution in [0, 0.1) is 0 Å². The average molecular weight is 246 g/mol. The van der Waals surface area contributed by atoms with E-state index in [1.807, 2.05) is 11.8 Å². The molecule has 0 fully saturated rings. The summed E-state index contributed by atoms with van der Waals surface area (Å²) in [7, 11) is 0. The first kappa shape index (κ1) is 16.3. The summed E-state index contributed by atoms with van der Waals surface area (Å²) in [5.41, 5.74) is 2.94. The van der Waals surface area contributed by atoms with E-state index in [1.54, 1.807) is 0 Å². The molecular weight excluding hydrogens is 216 g/mol. The van der Waals surface area contributed by atoms with Crippen molar-refractivity contribution in [2.75, 3.05) is 11.5 Å². The van der Waals surface area contributed by atoms with Gasteiger partial charge >= 0.3 is 0 Å². The smallest absolute Gasteiger partial charge is 0.0301 e. The van der Waals surface area contributed by atoms with Gasteiger partial charge in [-0.25, -0.2) is 0 Å². The minimum Gasteiger partial charge on any atom is -0.271 e. The molecule has 1 unspecified atom stereocenters. The van der Waals surface area contributed by atoms with E-state index in [1.165, 1.54) is 62.9 Å². The quantitative estimate of drug-likeness (QED) is 0.313. The van der Waals surface area contributed by atoms with Gasteiger partial charge in [-0.15, -0.1) is 0 Å². The monoisotopic (exact) mass is 246 g/mol. The number of nitrogens with two attached hydrogens (primary N) is 1. The van der Waals surface area contributed by atoms with Gasteiger partial charge in [0.2, 0.25) is 0 Å². The van der Waals surface area contributed by atoms with Gasteiger partial charge in [-0.3, -0.25) is 11.3 Å². The third-order valence-corrected chi connectivity index (χ3v) is 4.14. The predicted octanol–water partition coefficient (Wildman–Crippen LogP) is 3.71. The molecule has 0 heterocycles. The molecule has 3 N–H and O–H groups in total. The van der Waals surface area contributed by atoms with Gasteiger partial charge in [-0.1, -0.05) is 52.4 Å². The molecule has 2 nitrogen and oxygen atoms in total. The Balaban J connectivity index is 3.26. The summed E-state index contributed by atoms with van der Waals surface area (Å²) >= 11 is 2.02. The standard InChI is InChI=1S/C13H30N2S/c1-3-5-6-7-8-9-10-13(15-14)12-16-11-4-2/h13,15H,3-12,14H2,1-2H3. The number of rotatable bonds is 12. The summed E-state index contributed by atoms with van der Waals surface area (Å²) in [6, 6.07) is 0.516. The van der Waals surface area contributed by atoms with E-state index in [0.29, 0.717) is 6.04 Å². The van der Waals surface area contributed by atoms with E-state index >= 15 is 0 Å². The van der Waals surface area contributed by atoms with Crippen molar-refractivity contribution in [2.24, 2.45) is 5.84 Å². The summed E-state index contributed by atoms with van der Waals surface area (Å²) < 4.78 is 0. The number of nitrogens with one attached hydrogen (secondary N) is 1. The molecule has 0 amide bonds. The molecule has 0 aliphatic heterocycles.